The Labute approximate surface area is 171 Å². The molecule has 5 nitrogen and oxygen atoms in total. The molecule has 1 saturated heterocycles. The Kier molecular flexibility index (Phi) is 4.87. The molecule has 2 aromatic carbocycles. The fourth-order valence-electron chi connectivity index (χ4n) is 3.31. The summed E-state index contributed by atoms with van der Waals surface area (Å²) in [5.74, 6) is -1.74. The molecular weight excluding hydrogens is 401 g/mol. The number of nitrogens with one attached hydrogen (secondary N) is 1. The van der Waals surface area contributed by atoms with Gasteiger partial charge in [-0.05, 0) is 48.0 Å². The standard InChI is InChI=1S/C20H15ClFN3O2S/c21-16-9-14(5-6-17(16)22)25-19(27)15(18(26)23-20(25)28)11-24-8-7-12-3-1-2-4-13(12)10-24/h1-6,9,11H,7-8,10H2,(H,23,26,28)/b15-11-. The van der Waals surface area contributed by atoms with Crippen molar-refractivity contribution in [2.45, 2.75) is 13.0 Å². The number of hydrogen-bond acceptors (Lipinski definition) is 4. The molecule has 0 atom stereocenters. The smallest absolute Gasteiger partial charge is 0.271 e. The molecule has 2 aliphatic rings. The summed E-state index contributed by atoms with van der Waals surface area (Å²) < 4.78 is 13.5. The van der Waals surface area contributed by atoms with E-state index in [1.165, 1.54) is 17.7 Å². The minimum absolute atomic E-state index is 0.0339. The van der Waals surface area contributed by atoms with Crippen molar-refractivity contribution < 1.29 is 14.0 Å². The van der Waals surface area contributed by atoms with Gasteiger partial charge in [0.25, 0.3) is 11.8 Å². The molecule has 0 spiro atoms. The Balaban J connectivity index is 1.64. The number of carbonyl (C=O) groups excluding carboxylic acids is 2. The van der Waals surface area contributed by atoms with E-state index in [4.69, 9.17) is 23.8 Å². The summed E-state index contributed by atoms with van der Waals surface area (Å²) in [6.45, 7) is 1.29. The third-order valence-electron chi connectivity index (χ3n) is 4.73. The number of rotatable bonds is 2. The zero-order chi connectivity index (χ0) is 19.8. The molecule has 2 heterocycles. The molecule has 4 rings (SSSR count). The van der Waals surface area contributed by atoms with Gasteiger partial charge in [0.1, 0.15) is 11.4 Å². The number of halogens is 2. The van der Waals surface area contributed by atoms with E-state index < -0.39 is 17.6 Å². The molecule has 8 heteroatoms. The molecule has 1 fully saturated rings. The normalized spacial score (nSPS) is 18.4. The second-order valence-electron chi connectivity index (χ2n) is 6.53. The lowest BCUT2D eigenvalue weighted by molar-refractivity contribution is -0.122. The number of anilines is 1. The van der Waals surface area contributed by atoms with Crippen molar-refractivity contribution in [2.24, 2.45) is 0 Å². The van der Waals surface area contributed by atoms with Crippen molar-refractivity contribution in [3.63, 3.8) is 0 Å². The third-order valence-corrected chi connectivity index (χ3v) is 5.31. The topological polar surface area (TPSA) is 52.7 Å². The van der Waals surface area contributed by atoms with Crippen molar-refractivity contribution in [1.29, 1.82) is 0 Å². The molecule has 2 amide bonds. The summed E-state index contributed by atoms with van der Waals surface area (Å²) in [5.41, 5.74) is 2.68. The fourth-order valence-corrected chi connectivity index (χ4v) is 3.77. The molecule has 0 radical (unpaired) electrons. The summed E-state index contributed by atoms with van der Waals surface area (Å²) in [6, 6.07) is 11.9. The van der Waals surface area contributed by atoms with Gasteiger partial charge in [0, 0.05) is 19.3 Å². The molecule has 0 saturated carbocycles. The van der Waals surface area contributed by atoms with Crippen molar-refractivity contribution >= 4 is 46.4 Å². The highest BCUT2D eigenvalue weighted by atomic mass is 35.5. The van der Waals surface area contributed by atoms with Gasteiger partial charge in [-0.25, -0.2) is 4.39 Å². The van der Waals surface area contributed by atoms with Crippen molar-refractivity contribution in [1.82, 2.24) is 10.2 Å². The van der Waals surface area contributed by atoms with E-state index in [1.54, 1.807) is 6.20 Å². The van der Waals surface area contributed by atoms with E-state index >= 15 is 0 Å². The van der Waals surface area contributed by atoms with Gasteiger partial charge in [-0.1, -0.05) is 35.9 Å². The van der Waals surface area contributed by atoms with Crippen LogP contribution in [-0.4, -0.2) is 28.4 Å². The van der Waals surface area contributed by atoms with Crippen molar-refractivity contribution in [3.8, 4) is 0 Å². The number of amides is 2. The number of carbonyl (C=O) groups is 2. The van der Waals surface area contributed by atoms with Crippen LogP contribution >= 0.6 is 23.8 Å². The predicted octanol–water partition coefficient (Wildman–Crippen LogP) is 3.17. The van der Waals surface area contributed by atoms with E-state index in [-0.39, 0.29) is 21.4 Å². The van der Waals surface area contributed by atoms with Gasteiger partial charge >= 0.3 is 0 Å². The third kappa shape index (κ3) is 3.39. The first-order chi connectivity index (χ1) is 13.4. The van der Waals surface area contributed by atoms with Gasteiger partial charge < -0.3 is 4.90 Å². The molecule has 0 aliphatic carbocycles. The van der Waals surface area contributed by atoms with Crippen LogP contribution in [0.25, 0.3) is 0 Å². The van der Waals surface area contributed by atoms with Gasteiger partial charge in [-0.3, -0.25) is 19.8 Å². The zero-order valence-corrected chi connectivity index (χ0v) is 16.2. The van der Waals surface area contributed by atoms with Crippen LogP contribution in [0.3, 0.4) is 0 Å². The van der Waals surface area contributed by atoms with Crippen LogP contribution in [0.1, 0.15) is 11.1 Å². The van der Waals surface area contributed by atoms with Gasteiger partial charge in [0.15, 0.2) is 5.11 Å². The molecular formula is C20H15ClFN3O2S. The Morgan fingerprint density at radius 3 is 2.64 bits per heavy atom. The molecule has 1 N–H and O–H groups in total. The Morgan fingerprint density at radius 1 is 1.14 bits per heavy atom. The van der Waals surface area contributed by atoms with Crippen LogP contribution in [0.4, 0.5) is 10.1 Å². The minimum Gasteiger partial charge on any atom is -0.372 e. The fraction of sp³-hybridized carbons (Fsp3) is 0.150. The van der Waals surface area contributed by atoms with E-state index in [9.17, 15) is 14.0 Å². The summed E-state index contributed by atoms with van der Waals surface area (Å²) >= 11 is 11.0. The average Bonchev–Trinajstić information content (AvgIpc) is 2.67. The van der Waals surface area contributed by atoms with Crippen molar-refractivity contribution in [2.75, 3.05) is 11.4 Å². The molecule has 142 valence electrons. The second kappa shape index (κ2) is 7.33. The Hall–Kier alpha value is -2.77. The van der Waals surface area contributed by atoms with Gasteiger partial charge in [-0.2, -0.15) is 0 Å². The second-order valence-corrected chi connectivity index (χ2v) is 7.32. The highest BCUT2D eigenvalue weighted by Gasteiger charge is 2.35. The van der Waals surface area contributed by atoms with Crippen LogP contribution in [0.5, 0.6) is 0 Å². The Morgan fingerprint density at radius 2 is 1.89 bits per heavy atom. The Bertz CT molecular complexity index is 1040. The van der Waals surface area contributed by atoms with E-state index in [0.717, 1.165) is 23.0 Å². The predicted molar refractivity (Wildman–Crippen MR) is 108 cm³/mol. The lowest BCUT2D eigenvalue weighted by Crippen LogP contribution is -2.54. The van der Waals surface area contributed by atoms with Gasteiger partial charge in [-0.15, -0.1) is 0 Å². The van der Waals surface area contributed by atoms with Crippen LogP contribution in [0, 0.1) is 5.82 Å². The SMILES string of the molecule is O=C1NC(=S)N(c2ccc(F)c(Cl)c2)C(=O)/C1=C\N1CCc2ccccc2C1. The van der Waals surface area contributed by atoms with Crippen molar-refractivity contribution in [3.05, 3.63) is 76.2 Å². The van der Waals surface area contributed by atoms with E-state index in [2.05, 4.69) is 11.4 Å². The van der Waals surface area contributed by atoms with Gasteiger partial charge in [0.05, 0.1) is 10.7 Å². The molecule has 2 aliphatic heterocycles. The number of thiocarbonyl (C=S) groups is 1. The summed E-state index contributed by atoms with van der Waals surface area (Å²) in [7, 11) is 0. The number of nitrogens with zero attached hydrogens (tertiary/aromatic N) is 2. The molecule has 0 bridgehead atoms. The highest BCUT2D eigenvalue weighted by molar-refractivity contribution is 7.80. The van der Waals surface area contributed by atoms with E-state index in [1.807, 2.05) is 23.1 Å². The maximum absolute atomic E-state index is 13.5. The van der Waals surface area contributed by atoms with E-state index in [0.29, 0.717) is 13.1 Å². The summed E-state index contributed by atoms with van der Waals surface area (Å²) in [5, 5.41) is 2.31. The van der Waals surface area contributed by atoms with Crippen LogP contribution in [0.15, 0.2) is 54.2 Å². The zero-order valence-electron chi connectivity index (χ0n) is 14.6. The first-order valence-electron chi connectivity index (χ1n) is 8.61. The van der Waals surface area contributed by atoms with Crippen LogP contribution in [0.2, 0.25) is 5.02 Å². The largest absolute Gasteiger partial charge is 0.372 e. The first-order valence-corrected chi connectivity index (χ1v) is 9.40. The van der Waals surface area contributed by atoms with Crippen LogP contribution < -0.4 is 10.2 Å². The monoisotopic (exact) mass is 415 g/mol. The molecule has 2 aromatic rings. The quantitative estimate of drug-likeness (QED) is 0.465. The van der Waals surface area contributed by atoms with Gasteiger partial charge in [0.2, 0.25) is 0 Å². The molecule has 0 aromatic heterocycles. The molecule has 28 heavy (non-hydrogen) atoms. The summed E-state index contributed by atoms with van der Waals surface area (Å²) in [6.07, 6.45) is 2.39. The number of fused-ring (bicyclic) bond motifs is 1. The minimum atomic E-state index is -0.604. The lowest BCUT2D eigenvalue weighted by atomic mass is 10.00. The van der Waals surface area contributed by atoms with Crippen LogP contribution in [-0.2, 0) is 22.6 Å². The molecule has 0 unspecified atom stereocenters. The lowest BCUT2D eigenvalue weighted by Gasteiger charge is -2.32. The highest BCUT2D eigenvalue weighted by Crippen LogP contribution is 2.26. The first kappa shape index (κ1) is 18.6. The maximum Gasteiger partial charge on any atom is 0.271 e. The average molecular weight is 416 g/mol. The summed E-state index contributed by atoms with van der Waals surface area (Å²) in [4.78, 5) is 28.5. The number of benzene rings is 2. The maximum atomic E-state index is 13.5. The number of hydrogen-bond donors (Lipinski definition) is 1.